The smallest absolute Gasteiger partial charge is 0.273 e. The van der Waals surface area contributed by atoms with Gasteiger partial charge in [-0.1, -0.05) is 12.1 Å². The molecule has 8 nitrogen and oxygen atoms in total. The van der Waals surface area contributed by atoms with Gasteiger partial charge in [0.2, 0.25) is 5.89 Å². The first-order chi connectivity index (χ1) is 14.7. The van der Waals surface area contributed by atoms with Crippen molar-refractivity contribution in [1.29, 1.82) is 0 Å². The van der Waals surface area contributed by atoms with Gasteiger partial charge in [0.1, 0.15) is 12.0 Å². The Hall–Kier alpha value is -2.42. The summed E-state index contributed by atoms with van der Waals surface area (Å²) >= 11 is 0. The minimum atomic E-state index is -0.204. The number of nitrogens with one attached hydrogen (secondary N) is 1. The second-order valence-electron chi connectivity index (χ2n) is 7.87. The number of rotatable bonds is 8. The van der Waals surface area contributed by atoms with Crippen LogP contribution in [0.3, 0.4) is 0 Å². The molecule has 8 heteroatoms. The molecule has 2 fully saturated rings. The summed E-state index contributed by atoms with van der Waals surface area (Å²) in [5.74, 6) is 1.26. The minimum Gasteiger partial charge on any atom is -0.497 e. The van der Waals surface area contributed by atoms with E-state index in [1.165, 1.54) is 11.8 Å². The zero-order valence-corrected chi connectivity index (χ0v) is 17.5. The Balaban J connectivity index is 1.19. The van der Waals surface area contributed by atoms with Crippen LogP contribution in [0.15, 0.2) is 34.9 Å². The highest BCUT2D eigenvalue weighted by Gasteiger charge is 2.21. The quantitative estimate of drug-likeness (QED) is 0.707. The molecular weight excluding hydrogens is 384 g/mol. The van der Waals surface area contributed by atoms with Crippen molar-refractivity contribution in [2.24, 2.45) is 0 Å². The molecule has 0 bridgehead atoms. The Labute approximate surface area is 177 Å². The van der Waals surface area contributed by atoms with Crippen LogP contribution in [0.5, 0.6) is 5.75 Å². The summed E-state index contributed by atoms with van der Waals surface area (Å²) in [6, 6.07) is 8.23. The van der Waals surface area contributed by atoms with Crippen molar-refractivity contribution in [1.82, 2.24) is 20.1 Å². The van der Waals surface area contributed by atoms with Crippen LogP contribution in [-0.4, -0.2) is 73.2 Å². The molecule has 0 radical (unpaired) electrons. The molecule has 1 atom stereocenters. The van der Waals surface area contributed by atoms with E-state index in [0.29, 0.717) is 24.7 Å². The first-order valence-corrected chi connectivity index (χ1v) is 10.6. The Kier molecular flexibility index (Phi) is 6.99. The molecule has 1 aromatic carbocycles. The summed E-state index contributed by atoms with van der Waals surface area (Å²) in [4.78, 5) is 21.4. The van der Waals surface area contributed by atoms with E-state index in [9.17, 15) is 4.79 Å². The van der Waals surface area contributed by atoms with Gasteiger partial charge in [-0.2, -0.15) is 0 Å². The van der Waals surface area contributed by atoms with E-state index in [1.807, 2.05) is 12.1 Å². The number of aromatic nitrogens is 1. The fourth-order valence-corrected chi connectivity index (χ4v) is 3.88. The number of benzene rings is 1. The molecule has 4 rings (SSSR count). The normalized spacial score (nSPS) is 20.4. The third kappa shape index (κ3) is 5.59. The van der Waals surface area contributed by atoms with Crippen LogP contribution in [0.2, 0.25) is 0 Å². The maximum Gasteiger partial charge on any atom is 0.273 e. The Bertz CT molecular complexity index is 809. The van der Waals surface area contributed by atoms with E-state index in [0.717, 1.165) is 57.9 Å². The molecule has 0 saturated carbocycles. The number of hydrogen-bond donors (Lipinski definition) is 1. The Morgan fingerprint density at radius 1 is 1.17 bits per heavy atom. The third-order valence-electron chi connectivity index (χ3n) is 5.69. The van der Waals surface area contributed by atoms with Crippen LogP contribution >= 0.6 is 0 Å². The van der Waals surface area contributed by atoms with Gasteiger partial charge in [-0.3, -0.25) is 14.6 Å². The molecule has 162 valence electrons. The number of hydrogen-bond acceptors (Lipinski definition) is 7. The molecule has 2 aliphatic heterocycles. The lowest BCUT2D eigenvalue weighted by Crippen LogP contribution is -2.45. The van der Waals surface area contributed by atoms with Gasteiger partial charge in [0.15, 0.2) is 5.69 Å². The molecule has 2 aliphatic rings. The molecule has 30 heavy (non-hydrogen) atoms. The molecular formula is C22H30N4O4. The summed E-state index contributed by atoms with van der Waals surface area (Å²) in [6.45, 7) is 6.72. The molecule has 1 N–H and O–H groups in total. The number of nitrogens with zero attached hydrogens (tertiary/aromatic N) is 3. The van der Waals surface area contributed by atoms with Gasteiger partial charge in [-0.25, -0.2) is 4.98 Å². The van der Waals surface area contributed by atoms with Gasteiger partial charge in [0.05, 0.1) is 19.8 Å². The standard InChI is InChI=1S/C22H30N4O4/c1-28-18-6-4-17(5-7-18)14-25-8-10-26(11-9-25)15-21-24-20(16-30-21)22(27)23-13-19-3-2-12-29-19/h4-7,16,19H,2-3,8-15H2,1H3,(H,23,27). The summed E-state index contributed by atoms with van der Waals surface area (Å²) < 4.78 is 16.3. The van der Waals surface area contributed by atoms with Gasteiger partial charge in [-0.15, -0.1) is 0 Å². The Morgan fingerprint density at radius 3 is 2.57 bits per heavy atom. The number of piperazine rings is 1. The second-order valence-corrected chi connectivity index (χ2v) is 7.87. The third-order valence-corrected chi connectivity index (χ3v) is 5.69. The van der Waals surface area contributed by atoms with E-state index < -0.39 is 0 Å². The lowest BCUT2D eigenvalue weighted by atomic mass is 10.2. The van der Waals surface area contributed by atoms with Crippen molar-refractivity contribution >= 4 is 5.91 Å². The van der Waals surface area contributed by atoms with Crippen LogP contribution in [0, 0.1) is 0 Å². The van der Waals surface area contributed by atoms with Crippen molar-refractivity contribution in [2.45, 2.75) is 32.0 Å². The molecule has 3 heterocycles. The molecule has 2 saturated heterocycles. The van der Waals surface area contributed by atoms with Gasteiger partial charge in [0.25, 0.3) is 5.91 Å². The van der Waals surface area contributed by atoms with Gasteiger partial charge in [0, 0.05) is 45.9 Å². The topological polar surface area (TPSA) is 80.1 Å². The zero-order valence-electron chi connectivity index (χ0n) is 17.5. The lowest BCUT2D eigenvalue weighted by molar-refractivity contribution is 0.0853. The largest absolute Gasteiger partial charge is 0.497 e. The summed E-state index contributed by atoms with van der Waals surface area (Å²) in [6.07, 6.45) is 3.62. The predicted molar refractivity (Wildman–Crippen MR) is 111 cm³/mol. The number of amides is 1. The maximum atomic E-state index is 12.2. The van der Waals surface area contributed by atoms with Gasteiger partial charge < -0.3 is 19.2 Å². The van der Waals surface area contributed by atoms with Crippen LogP contribution in [-0.2, 0) is 17.8 Å². The lowest BCUT2D eigenvalue weighted by Gasteiger charge is -2.34. The molecule has 1 aromatic heterocycles. The van der Waals surface area contributed by atoms with Gasteiger partial charge in [-0.05, 0) is 30.5 Å². The fourth-order valence-electron chi connectivity index (χ4n) is 3.88. The van der Waals surface area contributed by atoms with Crippen LogP contribution in [0.4, 0.5) is 0 Å². The van der Waals surface area contributed by atoms with Crippen LogP contribution in [0.25, 0.3) is 0 Å². The number of carbonyl (C=O) groups is 1. The Morgan fingerprint density at radius 2 is 1.90 bits per heavy atom. The number of carbonyl (C=O) groups excluding carboxylic acids is 1. The maximum absolute atomic E-state index is 12.2. The van der Waals surface area contributed by atoms with Crippen molar-refractivity contribution in [3.8, 4) is 5.75 Å². The molecule has 2 aromatic rings. The highest BCUT2D eigenvalue weighted by molar-refractivity contribution is 5.91. The SMILES string of the molecule is COc1ccc(CN2CCN(Cc3nc(C(=O)NCC4CCCO4)co3)CC2)cc1. The van der Waals surface area contributed by atoms with Crippen LogP contribution in [0.1, 0.15) is 34.8 Å². The number of ether oxygens (including phenoxy) is 2. The van der Waals surface area contributed by atoms with Crippen molar-refractivity contribution < 1.29 is 18.7 Å². The van der Waals surface area contributed by atoms with Crippen molar-refractivity contribution in [3.63, 3.8) is 0 Å². The van der Waals surface area contributed by atoms with Crippen LogP contribution < -0.4 is 10.1 Å². The molecule has 0 spiro atoms. The summed E-state index contributed by atoms with van der Waals surface area (Å²) in [5, 5.41) is 2.88. The number of methoxy groups -OCH3 is 1. The molecule has 1 unspecified atom stereocenters. The fraction of sp³-hybridized carbons (Fsp3) is 0.545. The van der Waals surface area contributed by atoms with Gasteiger partial charge >= 0.3 is 0 Å². The summed E-state index contributed by atoms with van der Waals surface area (Å²) in [7, 11) is 1.68. The zero-order chi connectivity index (χ0) is 20.8. The van der Waals surface area contributed by atoms with E-state index in [2.05, 4.69) is 32.2 Å². The monoisotopic (exact) mass is 414 g/mol. The van der Waals surface area contributed by atoms with E-state index in [4.69, 9.17) is 13.9 Å². The van der Waals surface area contributed by atoms with E-state index in [1.54, 1.807) is 7.11 Å². The molecule has 1 amide bonds. The minimum absolute atomic E-state index is 0.120. The predicted octanol–water partition coefficient (Wildman–Crippen LogP) is 1.91. The summed E-state index contributed by atoms with van der Waals surface area (Å²) in [5.41, 5.74) is 1.62. The first kappa shape index (κ1) is 20.8. The highest BCUT2D eigenvalue weighted by atomic mass is 16.5. The average Bonchev–Trinajstić information content (AvgIpc) is 3.46. The first-order valence-electron chi connectivity index (χ1n) is 10.6. The second kappa shape index (κ2) is 10.1. The highest BCUT2D eigenvalue weighted by Crippen LogP contribution is 2.15. The van der Waals surface area contributed by atoms with E-state index >= 15 is 0 Å². The van der Waals surface area contributed by atoms with E-state index in [-0.39, 0.29) is 12.0 Å². The van der Waals surface area contributed by atoms with Crippen molar-refractivity contribution in [2.75, 3.05) is 46.4 Å². The molecule has 0 aliphatic carbocycles. The number of oxazole rings is 1. The van der Waals surface area contributed by atoms with Crippen molar-refractivity contribution in [3.05, 3.63) is 47.7 Å². The average molecular weight is 415 g/mol.